The van der Waals surface area contributed by atoms with Gasteiger partial charge >= 0.3 is 0 Å². The maximum absolute atomic E-state index is 12.1. The number of nitrogens with zero attached hydrogens (tertiary/aromatic N) is 5. The van der Waals surface area contributed by atoms with Crippen LogP contribution < -0.4 is 10.6 Å². The zero-order chi connectivity index (χ0) is 21.6. The largest absolute Gasteiger partial charge is 0.354 e. The highest BCUT2D eigenvalue weighted by atomic mass is 127. The summed E-state index contributed by atoms with van der Waals surface area (Å²) in [5.74, 6) is 2.52. The Morgan fingerprint density at radius 3 is 2.45 bits per heavy atom. The maximum Gasteiger partial charge on any atom is 0.213 e. The minimum atomic E-state index is -3.13. The Balaban J connectivity index is 0.00000341. The van der Waals surface area contributed by atoms with Crippen LogP contribution in [-0.4, -0.2) is 58.3 Å². The van der Waals surface area contributed by atoms with Crippen molar-refractivity contribution in [2.45, 2.75) is 45.8 Å². The molecule has 0 aliphatic carbocycles. The summed E-state index contributed by atoms with van der Waals surface area (Å²) in [6, 6.07) is 10.2. The molecule has 2 heterocycles. The lowest BCUT2D eigenvalue weighted by Gasteiger charge is -2.32. The number of benzene rings is 1. The third-order valence-corrected chi connectivity index (χ3v) is 7.29. The van der Waals surface area contributed by atoms with Crippen molar-refractivity contribution in [1.82, 2.24) is 29.7 Å². The van der Waals surface area contributed by atoms with Crippen molar-refractivity contribution in [3.8, 4) is 0 Å². The number of aliphatic imine (C=N–C) groups is 1. The van der Waals surface area contributed by atoms with Crippen LogP contribution in [0.5, 0.6) is 0 Å². The molecule has 0 amide bonds. The number of rotatable bonds is 7. The van der Waals surface area contributed by atoms with E-state index in [1.54, 1.807) is 11.2 Å². The van der Waals surface area contributed by atoms with E-state index in [2.05, 4.69) is 20.8 Å². The van der Waals surface area contributed by atoms with Gasteiger partial charge in [-0.15, -0.1) is 34.2 Å². The van der Waals surface area contributed by atoms with Gasteiger partial charge in [-0.1, -0.05) is 30.3 Å². The molecule has 2 N–H and O–H groups in total. The van der Waals surface area contributed by atoms with Crippen molar-refractivity contribution in [3.05, 3.63) is 47.5 Å². The van der Waals surface area contributed by atoms with Gasteiger partial charge in [0.2, 0.25) is 10.0 Å². The number of hydrogen-bond donors (Lipinski definition) is 2. The first-order chi connectivity index (χ1) is 14.4. The standard InChI is InChI=1S/C20H31N7O2S.HI/c1-4-30(28,29)27-12-10-18(11-13-27)23-20(21-14-17-8-6-5-7-9-17)22-15-19-25-24-16(2)26(19)3;/h5-9,18H,4,10-15H2,1-3H3,(H2,21,22,23);1H. The van der Waals surface area contributed by atoms with E-state index in [-0.39, 0.29) is 35.8 Å². The van der Waals surface area contributed by atoms with Crippen LogP contribution in [0.4, 0.5) is 0 Å². The lowest BCUT2D eigenvalue weighted by atomic mass is 10.1. The number of aromatic nitrogens is 3. The molecule has 9 nitrogen and oxygen atoms in total. The first-order valence-electron chi connectivity index (χ1n) is 10.3. The van der Waals surface area contributed by atoms with E-state index in [1.807, 2.05) is 48.9 Å². The first-order valence-corrected chi connectivity index (χ1v) is 11.9. The van der Waals surface area contributed by atoms with Crippen molar-refractivity contribution in [2.75, 3.05) is 18.8 Å². The van der Waals surface area contributed by atoms with Gasteiger partial charge in [-0.2, -0.15) is 0 Å². The Morgan fingerprint density at radius 1 is 1.19 bits per heavy atom. The Morgan fingerprint density at radius 2 is 1.87 bits per heavy atom. The molecule has 0 bridgehead atoms. The average Bonchev–Trinajstić information content (AvgIpc) is 3.09. The highest BCUT2D eigenvalue weighted by Gasteiger charge is 2.27. The number of nitrogens with one attached hydrogen (secondary N) is 2. The number of sulfonamides is 1. The summed E-state index contributed by atoms with van der Waals surface area (Å²) in [6.07, 6.45) is 1.49. The monoisotopic (exact) mass is 561 g/mol. The van der Waals surface area contributed by atoms with E-state index in [4.69, 9.17) is 4.99 Å². The number of guanidine groups is 1. The molecule has 0 atom stereocenters. The van der Waals surface area contributed by atoms with Gasteiger partial charge in [0.1, 0.15) is 5.82 Å². The SMILES string of the molecule is CCS(=O)(=O)N1CCC(NC(=NCc2ccccc2)NCc2nnc(C)n2C)CC1.I. The molecule has 1 aromatic heterocycles. The second-order valence-electron chi connectivity index (χ2n) is 7.44. The van der Waals surface area contributed by atoms with E-state index in [9.17, 15) is 8.42 Å². The predicted molar refractivity (Wildman–Crippen MR) is 133 cm³/mol. The second-order valence-corrected chi connectivity index (χ2v) is 9.70. The maximum atomic E-state index is 12.1. The fourth-order valence-corrected chi connectivity index (χ4v) is 4.46. The Hall–Kier alpha value is -1.73. The van der Waals surface area contributed by atoms with Gasteiger partial charge in [-0.3, -0.25) is 0 Å². The highest BCUT2D eigenvalue weighted by molar-refractivity contribution is 14.0. The number of halogens is 1. The van der Waals surface area contributed by atoms with Crippen LogP contribution in [-0.2, 0) is 30.2 Å². The Bertz CT molecular complexity index is 955. The summed E-state index contributed by atoms with van der Waals surface area (Å²) < 4.78 is 27.7. The van der Waals surface area contributed by atoms with Crippen molar-refractivity contribution < 1.29 is 8.42 Å². The van der Waals surface area contributed by atoms with E-state index in [1.165, 1.54) is 0 Å². The molecule has 1 fully saturated rings. The van der Waals surface area contributed by atoms with Crippen molar-refractivity contribution in [3.63, 3.8) is 0 Å². The molecule has 11 heteroatoms. The quantitative estimate of drug-likeness (QED) is 0.304. The van der Waals surface area contributed by atoms with Gasteiger partial charge in [0, 0.05) is 26.2 Å². The third kappa shape index (κ3) is 7.14. The lowest BCUT2D eigenvalue weighted by molar-refractivity contribution is 0.306. The van der Waals surface area contributed by atoms with Crippen molar-refractivity contribution >= 4 is 40.0 Å². The van der Waals surface area contributed by atoms with Crippen LogP contribution in [0.15, 0.2) is 35.3 Å². The molecular weight excluding hydrogens is 529 g/mol. The van der Waals surface area contributed by atoms with Gasteiger partial charge in [0.05, 0.1) is 18.8 Å². The topological polar surface area (TPSA) is 105 Å². The fraction of sp³-hybridized carbons (Fsp3) is 0.550. The van der Waals surface area contributed by atoms with E-state index in [0.717, 1.165) is 30.1 Å². The number of hydrogen-bond acceptors (Lipinski definition) is 5. The summed E-state index contributed by atoms with van der Waals surface area (Å²) >= 11 is 0. The van der Waals surface area contributed by atoms with Gasteiger partial charge in [0.15, 0.2) is 11.8 Å². The Kier molecular flexibility index (Phi) is 9.69. The Labute approximate surface area is 201 Å². The molecule has 0 saturated carbocycles. The summed E-state index contributed by atoms with van der Waals surface area (Å²) in [4.78, 5) is 4.73. The van der Waals surface area contributed by atoms with Crippen LogP contribution >= 0.6 is 24.0 Å². The van der Waals surface area contributed by atoms with Crippen LogP contribution in [0.25, 0.3) is 0 Å². The van der Waals surface area contributed by atoms with Gasteiger partial charge in [-0.25, -0.2) is 17.7 Å². The zero-order valence-electron chi connectivity index (χ0n) is 18.3. The second kappa shape index (κ2) is 11.8. The van der Waals surface area contributed by atoms with E-state index in [0.29, 0.717) is 32.1 Å². The lowest BCUT2D eigenvalue weighted by Crippen LogP contribution is -2.50. The molecule has 1 aromatic carbocycles. The first kappa shape index (κ1) is 25.5. The molecule has 1 aliphatic rings. The van der Waals surface area contributed by atoms with Crippen LogP contribution in [0.1, 0.15) is 37.0 Å². The van der Waals surface area contributed by atoms with E-state index < -0.39 is 10.0 Å². The van der Waals surface area contributed by atoms with Crippen molar-refractivity contribution in [2.24, 2.45) is 12.0 Å². The third-order valence-electron chi connectivity index (χ3n) is 5.41. The minimum absolute atomic E-state index is 0. The smallest absolute Gasteiger partial charge is 0.213 e. The fourth-order valence-electron chi connectivity index (χ4n) is 3.33. The van der Waals surface area contributed by atoms with Gasteiger partial charge in [0.25, 0.3) is 0 Å². The number of piperidine rings is 1. The van der Waals surface area contributed by atoms with Crippen LogP contribution in [0, 0.1) is 6.92 Å². The predicted octanol–water partition coefficient (Wildman–Crippen LogP) is 1.79. The van der Waals surface area contributed by atoms with Gasteiger partial charge in [-0.05, 0) is 32.3 Å². The minimum Gasteiger partial charge on any atom is -0.354 e. The zero-order valence-corrected chi connectivity index (χ0v) is 21.4. The molecule has 0 radical (unpaired) electrons. The molecule has 31 heavy (non-hydrogen) atoms. The number of aryl methyl sites for hydroxylation is 1. The molecule has 1 aliphatic heterocycles. The summed E-state index contributed by atoms with van der Waals surface area (Å²) in [5, 5.41) is 15.1. The summed E-state index contributed by atoms with van der Waals surface area (Å²) in [6.45, 7) is 5.71. The average molecular weight is 561 g/mol. The summed E-state index contributed by atoms with van der Waals surface area (Å²) in [7, 11) is -1.19. The molecule has 3 rings (SSSR count). The van der Waals surface area contributed by atoms with E-state index >= 15 is 0 Å². The summed E-state index contributed by atoms with van der Waals surface area (Å²) in [5.41, 5.74) is 1.12. The normalized spacial score (nSPS) is 16.0. The van der Waals surface area contributed by atoms with Crippen LogP contribution in [0.3, 0.4) is 0 Å². The molecule has 2 aromatic rings. The molecule has 0 unspecified atom stereocenters. The molecule has 172 valence electrons. The molecular formula is C20H32IN7O2S. The van der Waals surface area contributed by atoms with Gasteiger partial charge < -0.3 is 15.2 Å². The van der Waals surface area contributed by atoms with Crippen molar-refractivity contribution in [1.29, 1.82) is 0 Å². The molecule has 1 saturated heterocycles. The van der Waals surface area contributed by atoms with Crippen LogP contribution in [0.2, 0.25) is 0 Å². The molecule has 0 spiro atoms. The highest BCUT2D eigenvalue weighted by Crippen LogP contribution is 2.14.